The number of carbonyl (C=O) groups is 1. The summed E-state index contributed by atoms with van der Waals surface area (Å²) in [4.78, 5) is 25.5. The first-order valence-corrected chi connectivity index (χ1v) is 6.97. The number of ether oxygens (including phenoxy) is 1. The van der Waals surface area contributed by atoms with Gasteiger partial charge in [0.05, 0.1) is 29.7 Å². The van der Waals surface area contributed by atoms with Crippen molar-refractivity contribution in [1.82, 2.24) is 4.98 Å². The summed E-state index contributed by atoms with van der Waals surface area (Å²) in [7, 11) is 1.33. The van der Waals surface area contributed by atoms with Gasteiger partial charge in [-0.2, -0.15) is 0 Å². The number of aromatic nitrogens is 1. The number of aliphatic imine (C=N–C) groups is 1. The molecular weight excluding hydrogens is 282 g/mol. The maximum Gasteiger partial charge on any atom is 0.338 e. The number of pyridine rings is 1. The molecule has 0 aromatic carbocycles. The monoisotopic (exact) mass is 303 g/mol. The van der Waals surface area contributed by atoms with Crippen LogP contribution in [0.3, 0.4) is 0 Å². The van der Waals surface area contributed by atoms with Crippen molar-refractivity contribution in [2.75, 3.05) is 13.7 Å². The SMILES string of the molecule is C/C=C(/C(=O)OC)c1cnccc1O/N=C(\C)C(C)=NCC. The summed E-state index contributed by atoms with van der Waals surface area (Å²) in [5.74, 6) is -0.0260. The van der Waals surface area contributed by atoms with Gasteiger partial charge in [-0.25, -0.2) is 4.79 Å². The van der Waals surface area contributed by atoms with Crippen molar-refractivity contribution in [1.29, 1.82) is 0 Å². The highest BCUT2D eigenvalue weighted by atomic mass is 16.6. The first-order chi connectivity index (χ1) is 10.5. The first-order valence-electron chi connectivity index (χ1n) is 6.97. The molecule has 0 aliphatic heterocycles. The molecule has 0 N–H and O–H groups in total. The van der Waals surface area contributed by atoms with Crippen LogP contribution in [-0.4, -0.2) is 36.0 Å². The summed E-state index contributed by atoms with van der Waals surface area (Å²) in [6.45, 7) is 8.06. The van der Waals surface area contributed by atoms with Gasteiger partial charge in [-0.3, -0.25) is 9.98 Å². The molecule has 0 radical (unpaired) electrons. The Morgan fingerprint density at radius 1 is 1.36 bits per heavy atom. The van der Waals surface area contributed by atoms with Gasteiger partial charge in [0.15, 0.2) is 5.75 Å². The maximum absolute atomic E-state index is 11.8. The number of hydrogen-bond acceptors (Lipinski definition) is 6. The van der Waals surface area contributed by atoms with Crippen LogP contribution in [0.5, 0.6) is 5.75 Å². The summed E-state index contributed by atoms with van der Waals surface area (Å²) in [5, 5.41) is 4.05. The summed E-state index contributed by atoms with van der Waals surface area (Å²) in [6.07, 6.45) is 4.76. The van der Waals surface area contributed by atoms with E-state index < -0.39 is 5.97 Å². The lowest BCUT2D eigenvalue weighted by atomic mass is 10.1. The lowest BCUT2D eigenvalue weighted by molar-refractivity contribution is -0.133. The Labute approximate surface area is 130 Å². The summed E-state index contributed by atoms with van der Waals surface area (Å²) in [6, 6.07) is 1.64. The van der Waals surface area contributed by atoms with E-state index in [9.17, 15) is 4.79 Å². The van der Waals surface area contributed by atoms with Crippen molar-refractivity contribution in [3.8, 4) is 5.75 Å². The lowest BCUT2D eigenvalue weighted by Gasteiger charge is -2.09. The van der Waals surface area contributed by atoms with E-state index in [1.807, 2.05) is 20.8 Å². The number of rotatable bonds is 6. The van der Waals surface area contributed by atoms with E-state index in [-0.39, 0.29) is 0 Å². The zero-order valence-corrected chi connectivity index (χ0v) is 13.6. The molecule has 0 aliphatic carbocycles. The highest BCUT2D eigenvalue weighted by molar-refractivity contribution is 6.40. The first kappa shape index (κ1) is 17.6. The number of allylic oxidation sites excluding steroid dienone is 1. The third-order valence-corrected chi connectivity index (χ3v) is 2.97. The van der Waals surface area contributed by atoms with Crippen LogP contribution in [0.4, 0.5) is 0 Å². The van der Waals surface area contributed by atoms with E-state index in [4.69, 9.17) is 9.57 Å². The normalized spacial score (nSPS) is 13.0. The number of carbonyl (C=O) groups excluding carboxylic acids is 1. The van der Waals surface area contributed by atoms with E-state index in [1.54, 1.807) is 31.5 Å². The van der Waals surface area contributed by atoms with Crippen LogP contribution in [-0.2, 0) is 9.53 Å². The van der Waals surface area contributed by atoms with Crippen LogP contribution >= 0.6 is 0 Å². The smallest absolute Gasteiger partial charge is 0.338 e. The Hall–Kier alpha value is -2.50. The summed E-state index contributed by atoms with van der Waals surface area (Å²) in [5.41, 5.74) is 2.37. The third kappa shape index (κ3) is 4.51. The van der Waals surface area contributed by atoms with Gasteiger partial charge in [0, 0.05) is 25.0 Å². The molecule has 0 saturated carbocycles. The van der Waals surface area contributed by atoms with Gasteiger partial charge in [-0.1, -0.05) is 11.2 Å². The van der Waals surface area contributed by atoms with E-state index in [0.29, 0.717) is 29.1 Å². The molecule has 0 amide bonds. The van der Waals surface area contributed by atoms with Gasteiger partial charge < -0.3 is 9.57 Å². The van der Waals surface area contributed by atoms with Crippen molar-refractivity contribution in [3.05, 3.63) is 30.1 Å². The van der Waals surface area contributed by atoms with E-state index in [2.05, 4.69) is 15.1 Å². The number of esters is 1. The fourth-order valence-electron chi connectivity index (χ4n) is 1.69. The Bertz CT molecular complexity index is 619. The fourth-order valence-corrected chi connectivity index (χ4v) is 1.69. The average Bonchev–Trinajstić information content (AvgIpc) is 2.54. The van der Waals surface area contributed by atoms with Gasteiger partial charge >= 0.3 is 5.97 Å². The standard InChI is InChI=1S/C16H21N3O3/c1-6-13(16(20)21-5)14-10-17-9-8-15(14)22-19-12(4)11(3)18-7-2/h6,8-10H,7H2,1-5H3/b13-6+,18-11?,19-12+. The molecule has 1 aromatic rings. The van der Waals surface area contributed by atoms with Crippen LogP contribution < -0.4 is 4.84 Å². The van der Waals surface area contributed by atoms with E-state index in [0.717, 1.165) is 5.71 Å². The number of nitrogens with zero attached hydrogens (tertiary/aromatic N) is 3. The minimum absolute atomic E-state index is 0.373. The molecule has 0 unspecified atom stereocenters. The van der Waals surface area contributed by atoms with Crippen molar-refractivity contribution < 1.29 is 14.4 Å². The number of methoxy groups -OCH3 is 1. The predicted octanol–water partition coefficient (Wildman–Crippen LogP) is 2.89. The zero-order valence-electron chi connectivity index (χ0n) is 13.6. The van der Waals surface area contributed by atoms with Crippen LogP contribution in [0.1, 0.15) is 33.3 Å². The molecule has 0 fully saturated rings. The van der Waals surface area contributed by atoms with Crippen molar-refractivity contribution >= 4 is 23.0 Å². The largest absolute Gasteiger partial charge is 0.465 e. The Morgan fingerprint density at radius 2 is 2.09 bits per heavy atom. The van der Waals surface area contributed by atoms with Crippen LogP contribution in [0.25, 0.3) is 5.57 Å². The maximum atomic E-state index is 11.8. The molecule has 0 atom stereocenters. The van der Waals surface area contributed by atoms with Gasteiger partial charge in [-0.15, -0.1) is 0 Å². The van der Waals surface area contributed by atoms with Gasteiger partial charge in [0.1, 0.15) is 0 Å². The molecule has 6 heteroatoms. The number of oxime groups is 1. The molecule has 118 valence electrons. The second-order valence-electron chi connectivity index (χ2n) is 4.39. The van der Waals surface area contributed by atoms with Gasteiger partial charge in [-0.05, 0) is 27.7 Å². The minimum Gasteiger partial charge on any atom is -0.465 e. The molecule has 0 saturated heterocycles. The van der Waals surface area contributed by atoms with Crippen LogP contribution in [0.15, 0.2) is 34.7 Å². The molecule has 1 rings (SSSR count). The van der Waals surface area contributed by atoms with E-state index >= 15 is 0 Å². The molecular formula is C16H21N3O3. The zero-order chi connectivity index (χ0) is 16.5. The predicted molar refractivity (Wildman–Crippen MR) is 87.3 cm³/mol. The second kappa shape index (κ2) is 8.71. The molecule has 1 heterocycles. The third-order valence-electron chi connectivity index (χ3n) is 2.97. The van der Waals surface area contributed by atoms with Crippen LogP contribution in [0.2, 0.25) is 0 Å². The second-order valence-corrected chi connectivity index (χ2v) is 4.39. The van der Waals surface area contributed by atoms with Crippen molar-refractivity contribution in [2.24, 2.45) is 10.1 Å². The molecule has 22 heavy (non-hydrogen) atoms. The molecule has 0 aliphatic rings. The lowest BCUT2D eigenvalue weighted by Crippen LogP contribution is -2.09. The Balaban J connectivity index is 3.10. The summed E-state index contributed by atoms with van der Waals surface area (Å²) < 4.78 is 4.76. The quantitative estimate of drug-likeness (QED) is 0.350. The average molecular weight is 303 g/mol. The molecule has 6 nitrogen and oxygen atoms in total. The topological polar surface area (TPSA) is 73.1 Å². The Kier molecular flexibility index (Phi) is 6.95. The minimum atomic E-state index is -0.454. The molecule has 0 spiro atoms. The highest BCUT2D eigenvalue weighted by Crippen LogP contribution is 2.26. The van der Waals surface area contributed by atoms with Crippen LogP contribution in [0, 0.1) is 0 Å². The number of hydrogen-bond donors (Lipinski definition) is 0. The highest BCUT2D eigenvalue weighted by Gasteiger charge is 2.16. The molecule has 0 bridgehead atoms. The van der Waals surface area contributed by atoms with Gasteiger partial charge in [0.25, 0.3) is 0 Å². The Morgan fingerprint density at radius 3 is 2.68 bits per heavy atom. The summed E-state index contributed by atoms with van der Waals surface area (Å²) >= 11 is 0. The van der Waals surface area contributed by atoms with Gasteiger partial charge in [0.2, 0.25) is 0 Å². The fraction of sp³-hybridized carbons (Fsp3) is 0.375. The van der Waals surface area contributed by atoms with Crippen molar-refractivity contribution in [3.63, 3.8) is 0 Å². The van der Waals surface area contributed by atoms with Crippen molar-refractivity contribution in [2.45, 2.75) is 27.7 Å². The van der Waals surface area contributed by atoms with E-state index in [1.165, 1.54) is 7.11 Å². The molecule has 1 aromatic heterocycles.